The van der Waals surface area contributed by atoms with Gasteiger partial charge in [-0.25, -0.2) is 4.79 Å². The molecule has 0 spiro atoms. The summed E-state index contributed by atoms with van der Waals surface area (Å²) in [6, 6.07) is 0. The van der Waals surface area contributed by atoms with Crippen molar-refractivity contribution in [3.05, 3.63) is 12.3 Å². The predicted octanol–water partition coefficient (Wildman–Crippen LogP) is 0.604. The van der Waals surface area contributed by atoms with Gasteiger partial charge in [-0.3, -0.25) is 0 Å². The molecule has 1 unspecified atom stereocenters. The number of likely N-dealkylation sites (tertiary alicyclic amines) is 1. The van der Waals surface area contributed by atoms with E-state index in [9.17, 15) is 4.79 Å². The van der Waals surface area contributed by atoms with E-state index in [1.54, 1.807) is 6.20 Å². The van der Waals surface area contributed by atoms with Crippen molar-refractivity contribution in [2.24, 2.45) is 5.92 Å². The Balaban J connectivity index is 2.14. The number of hydrogen-bond donors (Lipinski definition) is 1. The third-order valence-corrected chi connectivity index (χ3v) is 2.67. The molecule has 15 heavy (non-hydrogen) atoms. The highest BCUT2D eigenvalue weighted by Crippen LogP contribution is 2.13. The lowest BCUT2D eigenvalue weighted by atomic mass is 9.99. The van der Waals surface area contributed by atoms with Crippen LogP contribution in [-0.4, -0.2) is 44.7 Å². The molecular formula is C11H20N2O2. The summed E-state index contributed by atoms with van der Waals surface area (Å²) in [6.07, 6.45) is 5.61. The van der Waals surface area contributed by atoms with Crippen LogP contribution in [0.5, 0.6) is 0 Å². The fraction of sp³-hybridized carbons (Fsp3) is 0.727. The van der Waals surface area contributed by atoms with Gasteiger partial charge in [0.25, 0.3) is 0 Å². The number of piperidine rings is 1. The smallest absolute Gasteiger partial charge is 0.331 e. The third-order valence-electron chi connectivity index (χ3n) is 2.67. The molecule has 86 valence electrons. The number of esters is 1. The standard InChI is InChI=1S/C11H20N2O2/c1-13-7-3-4-10(9-13)8-12-6-5-11(14)15-2/h5-6,10,12H,3-4,7-9H2,1-2H3/b6-5+. The van der Waals surface area contributed by atoms with Crippen LogP contribution in [0.4, 0.5) is 0 Å². The van der Waals surface area contributed by atoms with Crippen molar-refractivity contribution >= 4 is 5.97 Å². The van der Waals surface area contributed by atoms with E-state index >= 15 is 0 Å². The first-order valence-corrected chi connectivity index (χ1v) is 5.39. The lowest BCUT2D eigenvalue weighted by Gasteiger charge is -2.29. The van der Waals surface area contributed by atoms with E-state index in [4.69, 9.17) is 0 Å². The third kappa shape index (κ3) is 4.83. The van der Waals surface area contributed by atoms with Crippen LogP contribution in [0.2, 0.25) is 0 Å². The Morgan fingerprint density at radius 3 is 3.13 bits per heavy atom. The Labute approximate surface area is 91.3 Å². The van der Waals surface area contributed by atoms with Crippen molar-refractivity contribution in [3.8, 4) is 0 Å². The first-order chi connectivity index (χ1) is 7.22. The molecular weight excluding hydrogens is 192 g/mol. The van der Waals surface area contributed by atoms with Crippen LogP contribution in [0.1, 0.15) is 12.8 Å². The van der Waals surface area contributed by atoms with Gasteiger partial charge in [0.15, 0.2) is 0 Å². The second-order valence-electron chi connectivity index (χ2n) is 4.04. The van der Waals surface area contributed by atoms with Gasteiger partial charge in [-0.1, -0.05) is 0 Å². The number of carbonyl (C=O) groups excluding carboxylic acids is 1. The second kappa shape index (κ2) is 6.45. The van der Waals surface area contributed by atoms with Gasteiger partial charge in [-0.15, -0.1) is 0 Å². The molecule has 1 aliphatic heterocycles. The quantitative estimate of drug-likeness (QED) is 0.547. The Kier molecular flexibility index (Phi) is 5.18. The van der Waals surface area contributed by atoms with Crippen molar-refractivity contribution in [1.82, 2.24) is 10.2 Å². The molecule has 1 N–H and O–H groups in total. The second-order valence-corrected chi connectivity index (χ2v) is 4.04. The van der Waals surface area contributed by atoms with Crippen LogP contribution in [-0.2, 0) is 9.53 Å². The molecule has 1 rings (SSSR count). The summed E-state index contributed by atoms with van der Waals surface area (Å²) in [7, 11) is 3.53. The molecule has 0 radical (unpaired) electrons. The van der Waals surface area contributed by atoms with Crippen LogP contribution in [0.15, 0.2) is 12.3 Å². The Morgan fingerprint density at radius 1 is 1.67 bits per heavy atom. The zero-order valence-corrected chi connectivity index (χ0v) is 9.53. The minimum absolute atomic E-state index is 0.316. The minimum Gasteiger partial charge on any atom is -0.466 e. The van der Waals surface area contributed by atoms with Gasteiger partial charge in [0.1, 0.15) is 0 Å². The molecule has 0 aliphatic carbocycles. The lowest BCUT2D eigenvalue weighted by Crippen LogP contribution is -2.36. The normalized spacial score (nSPS) is 22.9. The highest BCUT2D eigenvalue weighted by Gasteiger charge is 2.15. The van der Waals surface area contributed by atoms with Crippen LogP contribution in [0, 0.1) is 5.92 Å². The first kappa shape index (κ1) is 12.0. The number of methoxy groups -OCH3 is 1. The Hall–Kier alpha value is -1.03. The van der Waals surface area contributed by atoms with Crippen LogP contribution < -0.4 is 5.32 Å². The largest absolute Gasteiger partial charge is 0.466 e. The van der Waals surface area contributed by atoms with Crippen molar-refractivity contribution in [2.75, 3.05) is 33.8 Å². The zero-order chi connectivity index (χ0) is 11.1. The molecule has 0 saturated carbocycles. The van der Waals surface area contributed by atoms with Gasteiger partial charge in [0.05, 0.1) is 7.11 Å². The van der Waals surface area contributed by atoms with Gasteiger partial charge in [-0.2, -0.15) is 0 Å². The molecule has 1 fully saturated rings. The number of nitrogens with one attached hydrogen (secondary N) is 1. The lowest BCUT2D eigenvalue weighted by molar-refractivity contribution is -0.134. The number of hydrogen-bond acceptors (Lipinski definition) is 4. The van der Waals surface area contributed by atoms with E-state index in [-0.39, 0.29) is 5.97 Å². The predicted molar refractivity (Wildman–Crippen MR) is 59.4 cm³/mol. The average molecular weight is 212 g/mol. The number of ether oxygens (including phenoxy) is 1. The molecule has 1 heterocycles. The minimum atomic E-state index is -0.316. The fourth-order valence-electron chi connectivity index (χ4n) is 1.87. The van der Waals surface area contributed by atoms with E-state index in [1.165, 1.54) is 32.6 Å². The first-order valence-electron chi connectivity index (χ1n) is 5.39. The topological polar surface area (TPSA) is 41.6 Å². The number of nitrogens with zero attached hydrogens (tertiary/aromatic N) is 1. The Bertz CT molecular complexity index is 229. The van der Waals surface area contributed by atoms with Crippen molar-refractivity contribution in [3.63, 3.8) is 0 Å². The molecule has 1 aliphatic rings. The monoisotopic (exact) mass is 212 g/mol. The van der Waals surface area contributed by atoms with E-state index in [2.05, 4.69) is 22.0 Å². The van der Waals surface area contributed by atoms with Gasteiger partial charge >= 0.3 is 5.97 Å². The summed E-state index contributed by atoms with van der Waals surface area (Å²) in [6.45, 7) is 3.27. The highest BCUT2D eigenvalue weighted by atomic mass is 16.5. The fourth-order valence-corrected chi connectivity index (χ4v) is 1.87. The van der Waals surface area contributed by atoms with Crippen LogP contribution in [0.3, 0.4) is 0 Å². The average Bonchev–Trinajstić information content (AvgIpc) is 2.24. The molecule has 0 bridgehead atoms. The summed E-state index contributed by atoms with van der Waals surface area (Å²) < 4.78 is 4.49. The summed E-state index contributed by atoms with van der Waals surface area (Å²) >= 11 is 0. The summed E-state index contributed by atoms with van der Waals surface area (Å²) in [5, 5.41) is 3.13. The van der Waals surface area contributed by atoms with E-state index < -0.39 is 0 Å². The van der Waals surface area contributed by atoms with E-state index in [0.29, 0.717) is 5.92 Å². The maximum atomic E-state index is 10.8. The zero-order valence-electron chi connectivity index (χ0n) is 9.53. The molecule has 0 aromatic heterocycles. The van der Waals surface area contributed by atoms with Gasteiger partial charge in [0.2, 0.25) is 0 Å². The molecule has 4 heteroatoms. The number of carbonyl (C=O) groups is 1. The summed E-state index contributed by atoms with van der Waals surface area (Å²) in [4.78, 5) is 13.1. The number of rotatable bonds is 4. The van der Waals surface area contributed by atoms with Crippen molar-refractivity contribution in [2.45, 2.75) is 12.8 Å². The van der Waals surface area contributed by atoms with Gasteiger partial charge < -0.3 is 15.0 Å². The molecule has 0 amide bonds. The maximum absolute atomic E-state index is 10.8. The molecule has 0 aromatic carbocycles. The molecule has 0 aromatic rings. The van der Waals surface area contributed by atoms with Crippen molar-refractivity contribution < 1.29 is 9.53 Å². The van der Waals surface area contributed by atoms with Gasteiger partial charge in [-0.05, 0) is 32.4 Å². The van der Waals surface area contributed by atoms with Crippen molar-refractivity contribution in [1.29, 1.82) is 0 Å². The van der Waals surface area contributed by atoms with E-state index in [0.717, 1.165) is 13.1 Å². The Morgan fingerprint density at radius 2 is 2.47 bits per heavy atom. The summed E-state index contributed by atoms with van der Waals surface area (Å²) in [5.74, 6) is 0.370. The van der Waals surface area contributed by atoms with Crippen LogP contribution in [0.25, 0.3) is 0 Å². The van der Waals surface area contributed by atoms with Gasteiger partial charge in [0, 0.05) is 25.4 Å². The highest BCUT2D eigenvalue weighted by molar-refractivity contribution is 5.81. The van der Waals surface area contributed by atoms with E-state index in [1.807, 2.05) is 0 Å². The molecule has 1 saturated heterocycles. The maximum Gasteiger partial charge on any atom is 0.331 e. The summed E-state index contributed by atoms with van der Waals surface area (Å²) in [5.41, 5.74) is 0. The molecule has 1 atom stereocenters. The molecule has 4 nitrogen and oxygen atoms in total. The van der Waals surface area contributed by atoms with Crippen LogP contribution >= 0.6 is 0 Å². The SMILES string of the molecule is COC(=O)/C=C/NCC1CCCN(C)C1.